The maximum Gasteiger partial charge on any atom is 0.186 e. The van der Waals surface area contributed by atoms with Crippen molar-refractivity contribution >= 4 is 26.9 Å². The molecule has 21 heavy (non-hydrogen) atoms. The molecule has 2 rings (SSSR count). The van der Waals surface area contributed by atoms with Crippen molar-refractivity contribution in [2.75, 3.05) is 5.73 Å². The van der Waals surface area contributed by atoms with Gasteiger partial charge >= 0.3 is 0 Å². The van der Waals surface area contributed by atoms with Crippen LogP contribution < -0.4 is 5.73 Å². The zero-order chi connectivity index (χ0) is 15.8. The second-order valence-electron chi connectivity index (χ2n) is 6.18. The lowest BCUT2D eigenvalue weighted by Gasteiger charge is -2.14. The molecule has 4 nitrogen and oxygen atoms in total. The highest BCUT2D eigenvalue weighted by Crippen LogP contribution is 2.28. The number of rotatable bonds is 3. The van der Waals surface area contributed by atoms with Gasteiger partial charge in [-0.1, -0.05) is 26.8 Å². The van der Waals surface area contributed by atoms with Crippen molar-refractivity contribution in [1.29, 1.82) is 0 Å². The van der Waals surface area contributed by atoms with E-state index in [9.17, 15) is 8.42 Å². The number of hydrogen-bond acceptors (Lipinski definition) is 5. The molecule has 0 atom stereocenters. The van der Waals surface area contributed by atoms with Gasteiger partial charge in [0.25, 0.3) is 0 Å². The molecule has 0 amide bonds. The van der Waals surface area contributed by atoms with Crippen molar-refractivity contribution in [1.82, 2.24) is 4.98 Å². The van der Waals surface area contributed by atoms with Crippen molar-refractivity contribution in [2.24, 2.45) is 0 Å². The van der Waals surface area contributed by atoms with Gasteiger partial charge in [-0.2, -0.15) is 0 Å². The van der Waals surface area contributed by atoms with E-state index in [-0.39, 0.29) is 16.1 Å². The zero-order valence-corrected chi connectivity index (χ0v) is 14.3. The Hall–Kier alpha value is -1.40. The van der Waals surface area contributed by atoms with Gasteiger partial charge in [0.15, 0.2) is 9.84 Å². The van der Waals surface area contributed by atoms with Crippen molar-refractivity contribution < 1.29 is 8.42 Å². The first-order valence-corrected chi connectivity index (χ1v) is 9.16. The van der Waals surface area contributed by atoms with Gasteiger partial charge in [-0.25, -0.2) is 13.4 Å². The van der Waals surface area contributed by atoms with E-state index in [1.807, 2.05) is 12.3 Å². The molecule has 2 N–H and O–H groups in total. The minimum atomic E-state index is -3.47. The maximum atomic E-state index is 12.5. The number of aromatic nitrogens is 1. The second-order valence-corrected chi connectivity index (χ2v) is 9.08. The fraction of sp³-hybridized carbons (Fsp3) is 0.400. The van der Waals surface area contributed by atoms with E-state index >= 15 is 0 Å². The van der Waals surface area contributed by atoms with Gasteiger partial charge in [-0.3, -0.25) is 0 Å². The first-order valence-electron chi connectivity index (χ1n) is 6.63. The molecule has 1 aromatic carbocycles. The summed E-state index contributed by atoms with van der Waals surface area (Å²) in [7, 11) is -3.47. The number of hydrogen-bond donors (Lipinski definition) is 1. The second kappa shape index (κ2) is 5.42. The van der Waals surface area contributed by atoms with Gasteiger partial charge in [-0.15, -0.1) is 11.3 Å². The monoisotopic (exact) mass is 324 g/mol. The summed E-state index contributed by atoms with van der Waals surface area (Å²) in [4.78, 5) is 4.62. The topological polar surface area (TPSA) is 73.0 Å². The third kappa shape index (κ3) is 3.63. The Morgan fingerprint density at radius 3 is 2.48 bits per heavy atom. The smallest absolute Gasteiger partial charge is 0.186 e. The molecule has 0 radical (unpaired) electrons. The van der Waals surface area contributed by atoms with Crippen LogP contribution in [0.5, 0.6) is 0 Å². The third-order valence-electron chi connectivity index (χ3n) is 3.13. The summed E-state index contributed by atoms with van der Waals surface area (Å²) < 4.78 is 25.0. The summed E-state index contributed by atoms with van der Waals surface area (Å²) in [6.45, 7) is 8.04. The van der Waals surface area contributed by atoms with E-state index < -0.39 is 9.84 Å². The van der Waals surface area contributed by atoms with Crippen molar-refractivity contribution in [2.45, 2.75) is 43.8 Å². The largest absolute Gasteiger partial charge is 0.398 e. The number of nitrogens with zero attached hydrogens (tertiary/aromatic N) is 1. The van der Waals surface area contributed by atoms with Crippen LogP contribution in [0.4, 0.5) is 5.69 Å². The Bertz CT molecular complexity index is 756. The average molecular weight is 324 g/mol. The molecular formula is C15H20N2O2S2. The van der Waals surface area contributed by atoms with Crippen LogP contribution in [0.2, 0.25) is 0 Å². The van der Waals surface area contributed by atoms with Crippen molar-refractivity contribution in [3.8, 4) is 0 Å². The van der Waals surface area contributed by atoms with E-state index in [4.69, 9.17) is 5.73 Å². The van der Waals surface area contributed by atoms with E-state index in [2.05, 4.69) is 25.8 Å². The number of sulfone groups is 1. The Morgan fingerprint density at radius 2 is 1.95 bits per heavy atom. The number of benzene rings is 1. The van der Waals surface area contributed by atoms with Gasteiger partial charge in [0.05, 0.1) is 16.3 Å². The summed E-state index contributed by atoms with van der Waals surface area (Å²) in [5.41, 5.74) is 7.90. The van der Waals surface area contributed by atoms with Gasteiger partial charge in [0.2, 0.25) is 0 Å². The number of anilines is 1. The van der Waals surface area contributed by atoms with Gasteiger partial charge in [-0.05, 0) is 24.6 Å². The highest BCUT2D eigenvalue weighted by Gasteiger charge is 2.23. The molecule has 0 aliphatic rings. The normalized spacial score (nSPS) is 12.6. The molecule has 0 spiro atoms. The Kier molecular flexibility index (Phi) is 4.13. The molecule has 0 fully saturated rings. The first kappa shape index (κ1) is 16.0. The molecule has 0 bridgehead atoms. The zero-order valence-electron chi connectivity index (χ0n) is 12.7. The lowest BCUT2D eigenvalue weighted by molar-refractivity contribution is 0.570. The van der Waals surface area contributed by atoms with Crippen molar-refractivity contribution in [3.63, 3.8) is 0 Å². The van der Waals surface area contributed by atoms with Gasteiger partial charge in [0, 0.05) is 10.8 Å². The molecule has 0 aliphatic carbocycles. The molecule has 0 saturated carbocycles. The Labute approximate surface area is 130 Å². The number of nitrogens with two attached hydrogens (primary N) is 1. The lowest BCUT2D eigenvalue weighted by atomic mass is 9.93. The molecule has 0 aliphatic heterocycles. The SMILES string of the molecule is Cc1ccc(S(=O)(=O)Cc2nc(C(C)(C)C)cs2)c(N)c1. The van der Waals surface area contributed by atoms with Crippen molar-refractivity contribution in [3.05, 3.63) is 39.8 Å². The van der Waals surface area contributed by atoms with E-state index in [0.717, 1.165) is 11.3 Å². The Morgan fingerprint density at radius 1 is 1.29 bits per heavy atom. The minimum absolute atomic E-state index is 0.0819. The molecule has 114 valence electrons. The maximum absolute atomic E-state index is 12.5. The van der Waals surface area contributed by atoms with Crippen LogP contribution in [0.3, 0.4) is 0 Å². The summed E-state index contributed by atoms with van der Waals surface area (Å²) in [6.07, 6.45) is 0. The quantitative estimate of drug-likeness (QED) is 0.879. The summed E-state index contributed by atoms with van der Waals surface area (Å²) in [5.74, 6) is -0.110. The number of thiazole rings is 1. The van der Waals surface area contributed by atoms with Crippen LogP contribution in [-0.2, 0) is 21.0 Å². The highest BCUT2D eigenvalue weighted by atomic mass is 32.2. The summed E-state index contributed by atoms with van der Waals surface area (Å²) in [5, 5.41) is 2.52. The van der Waals surface area contributed by atoms with Crippen LogP contribution in [-0.4, -0.2) is 13.4 Å². The van der Waals surface area contributed by atoms with E-state index in [1.165, 1.54) is 11.3 Å². The molecule has 0 saturated heterocycles. The number of aryl methyl sites for hydroxylation is 1. The summed E-state index contributed by atoms with van der Waals surface area (Å²) in [6, 6.07) is 5.00. The number of nitrogen functional groups attached to an aromatic ring is 1. The fourth-order valence-corrected chi connectivity index (χ4v) is 4.69. The van der Waals surface area contributed by atoms with Crippen LogP contribution >= 0.6 is 11.3 Å². The average Bonchev–Trinajstić information content (AvgIpc) is 2.75. The third-order valence-corrected chi connectivity index (χ3v) is 5.86. The highest BCUT2D eigenvalue weighted by molar-refractivity contribution is 7.91. The molecule has 2 aromatic rings. The molecule has 6 heteroatoms. The fourth-order valence-electron chi connectivity index (χ4n) is 1.91. The van der Waals surface area contributed by atoms with Gasteiger partial charge in [0.1, 0.15) is 10.8 Å². The molecular weight excluding hydrogens is 304 g/mol. The first-order chi connectivity index (χ1) is 9.59. The van der Waals surface area contributed by atoms with Crippen LogP contribution in [0, 0.1) is 6.92 Å². The molecule has 1 aromatic heterocycles. The van der Waals surface area contributed by atoms with Crippen LogP contribution in [0.1, 0.15) is 37.0 Å². The molecule has 0 unspecified atom stereocenters. The van der Waals surface area contributed by atoms with E-state index in [0.29, 0.717) is 10.7 Å². The van der Waals surface area contributed by atoms with Gasteiger partial charge < -0.3 is 5.73 Å². The lowest BCUT2D eigenvalue weighted by Crippen LogP contribution is -2.12. The van der Waals surface area contributed by atoms with Crippen LogP contribution in [0.15, 0.2) is 28.5 Å². The standard InChI is InChI=1S/C15H20N2O2S2/c1-10-5-6-12(11(16)7-10)21(18,19)9-14-17-13(8-20-14)15(2,3)4/h5-8H,9,16H2,1-4H3. The predicted octanol–water partition coefficient (Wildman–Crippen LogP) is 3.31. The predicted molar refractivity (Wildman–Crippen MR) is 87.3 cm³/mol. The van der Waals surface area contributed by atoms with Crippen LogP contribution in [0.25, 0.3) is 0 Å². The molecule has 1 heterocycles. The summed E-state index contributed by atoms with van der Waals surface area (Å²) >= 11 is 1.38. The van der Waals surface area contributed by atoms with E-state index in [1.54, 1.807) is 18.2 Å². The minimum Gasteiger partial charge on any atom is -0.398 e. The Balaban J connectivity index is 2.31.